The lowest BCUT2D eigenvalue weighted by molar-refractivity contribution is -0.137. The predicted molar refractivity (Wildman–Crippen MR) is 109 cm³/mol. The Morgan fingerprint density at radius 3 is 2.59 bits per heavy atom. The second kappa shape index (κ2) is 11.5. The van der Waals surface area contributed by atoms with Crippen LogP contribution in [0.2, 0.25) is 0 Å². The summed E-state index contributed by atoms with van der Waals surface area (Å²) in [6.45, 7) is 0.536. The molecule has 1 aromatic rings. The molecule has 2 unspecified atom stereocenters. The number of carboxylic acid groups (broad SMARTS) is 1. The Morgan fingerprint density at radius 2 is 1.90 bits per heavy atom. The lowest BCUT2D eigenvalue weighted by atomic mass is 9.96. The fourth-order valence-electron chi connectivity index (χ4n) is 3.54. The molecule has 1 amide bonds. The molecule has 0 saturated carbocycles. The van der Waals surface area contributed by atoms with Crippen molar-refractivity contribution in [2.45, 2.75) is 69.4 Å². The maximum absolute atomic E-state index is 14.5. The van der Waals surface area contributed by atoms with Gasteiger partial charge in [0.1, 0.15) is 6.10 Å². The van der Waals surface area contributed by atoms with Crippen LogP contribution in [0.5, 0.6) is 0 Å². The monoisotopic (exact) mass is 429 g/mol. The number of carbonyl (C=O) groups excluding carboxylic acids is 1. The number of nitrogens with zero attached hydrogens (tertiary/aromatic N) is 1. The van der Waals surface area contributed by atoms with E-state index in [0.717, 1.165) is 25.7 Å². The van der Waals surface area contributed by atoms with Gasteiger partial charge in [0.2, 0.25) is 0 Å². The van der Waals surface area contributed by atoms with E-state index in [1.54, 1.807) is 11.0 Å². The molecule has 29 heavy (non-hydrogen) atoms. The zero-order chi connectivity index (χ0) is 21.3. The number of thioether (sulfide) groups is 1. The fourth-order valence-corrected chi connectivity index (χ4v) is 4.51. The van der Waals surface area contributed by atoms with Crippen molar-refractivity contribution in [3.05, 3.63) is 35.9 Å². The second-order valence-electron chi connectivity index (χ2n) is 7.39. The number of hydrogen-bond acceptors (Lipinski definition) is 4. The highest BCUT2D eigenvalue weighted by Gasteiger charge is 2.40. The molecule has 0 spiro atoms. The van der Waals surface area contributed by atoms with E-state index in [1.807, 2.05) is 0 Å². The van der Waals surface area contributed by atoms with Gasteiger partial charge in [-0.2, -0.15) is 8.78 Å². The van der Waals surface area contributed by atoms with E-state index < -0.39 is 18.0 Å². The first-order valence-electron chi connectivity index (χ1n) is 10.1. The van der Waals surface area contributed by atoms with Crippen LogP contribution in [0.1, 0.15) is 56.9 Å². The van der Waals surface area contributed by atoms with Crippen molar-refractivity contribution >= 4 is 23.0 Å². The van der Waals surface area contributed by atoms with Gasteiger partial charge in [0, 0.05) is 30.3 Å². The summed E-state index contributed by atoms with van der Waals surface area (Å²) in [5, 5.41) is 18.7. The summed E-state index contributed by atoms with van der Waals surface area (Å²) in [6.07, 6.45) is 2.29. The van der Waals surface area contributed by atoms with Crippen LogP contribution >= 0.6 is 11.8 Å². The highest BCUT2D eigenvalue weighted by molar-refractivity contribution is 8.13. The normalized spacial score (nSPS) is 18.7. The number of benzene rings is 1. The van der Waals surface area contributed by atoms with E-state index in [9.17, 15) is 23.5 Å². The van der Waals surface area contributed by atoms with Gasteiger partial charge in [-0.25, -0.2) is 0 Å². The number of hydrogen-bond donors (Lipinski definition) is 2. The molecule has 2 rings (SSSR count). The van der Waals surface area contributed by atoms with Gasteiger partial charge in [-0.15, -0.1) is 0 Å². The largest absolute Gasteiger partial charge is 0.481 e. The lowest BCUT2D eigenvalue weighted by Gasteiger charge is -2.36. The molecule has 0 radical (unpaired) electrons. The first-order valence-corrected chi connectivity index (χ1v) is 11.1. The zero-order valence-electron chi connectivity index (χ0n) is 16.4. The minimum Gasteiger partial charge on any atom is -0.481 e. The van der Waals surface area contributed by atoms with E-state index in [4.69, 9.17) is 5.11 Å². The maximum Gasteiger partial charge on any atom is 0.303 e. The van der Waals surface area contributed by atoms with Crippen LogP contribution in [0, 0.1) is 0 Å². The number of aliphatic hydroxyl groups is 1. The number of unbranched alkanes of at least 4 members (excludes halogenated alkanes) is 3. The lowest BCUT2D eigenvalue weighted by Crippen LogP contribution is -2.43. The molecule has 1 aliphatic heterocycles. The number of alkyl halides is 2. The average molecular weight is 430 g/mol. The average Bonchev–Trinajstić information content (AvgIpc) is 2.70. The Hall–Kier alpha value is -1.67. The third kappa shape index (κ3) is 7.26. The Balaban J connectivity index is 1.83. The molecule has 0 bridgehead atoms. The quantitative estimate of drug-likeness (QED) is 0.463. The van der Waals surface area contributed by atoms with Gasteiger partial charge in [0.15, 0.2) is 0 Å². The first kappa shape index (κ1) is 23.6. The Kier molecular flexibility index (Phi) is 9.36. The molecule has 1 heterocycles. The fraction of sp³-hybridized carbons (Fsp3) is 0.619. The van der Waals surface area contributed by atoms with E-state index in [1.165, 1.54) is 36.0 Å². The van der Waals surface area contributed by atoms with Crippen molar-refractivity contribution in [1.29, 1.82) is 0 Å². The molecule has 162 valence electrons. The highest BCUT2D eigenvalue weighted by Crippen LogP contribution is 2.35. The first-order chi connectivity index (χ1) is 13.8. The van der Waals surface area contributed by atoms with E-state index in [-0.39, 0.29) is 29.7 Å². The predicted octanol–water partition coefficient (Wildman–Crippen LogP) is 4.88. The second-order valence-corrected chi connectivity index (χ2v) is 8.44. The molecule has 5 nitrogen and oxygen atoms in total. The van der Waals surface area contributed by atoms with E-state index >= 15 is 0 Å². The van der Waals surface area contributed by atoms with Crippen molar-refractivity contribution in [2.75, 3.05) is 12.3 Å². The summed E-state index contributed by atoms with van der Waals surface area (Å²) >= 11 is 1.24. The van der Waals surface area contributed by atoms with Crippen LogP contribution in [0.3, 0.4) is 0 Å². The number of carbonyl (C=O) groups is 2. The van der Waals surface area contributed by atoms with Crippen molar-refractivity contribution in [2.24, 2.45) is 0 Å². The van der Waals surface area contributed by atoms with E-state index in [0.29, 0.717) is 25.1 Å². The SMILES string of the molecule is O=C(O)CCCCCCN1C(=O)SCCC1CCC(O)C(F)(F)c1ccccc1. The topological polar surface area (TPSA) is 77.8 Å². The summed E-state index contributed by atoms with van der Waals surface area (Å²) in [4.78, 5) is 24.5. The van der Waals surface area contributed by atoms with Crippen LogP contribution in [0.15, 0.2) is 30.3 Å². The van der Waals surface area contributed by atoms with Crippen molar-refractivity contribution in [3.63, 3.8) is 0 Å². The molecule has 8 heteroatoms. The van der Waals surface area contributed by atoms with Gasteiger partial charge in [-0.05, 0) is 32.1 Å². The zero-order valence-corrected chi connectivity index (χ0v) is 17.3. The van der Waals surface area contributed by atoms with Gasteiger partial charge in [0.05, 0.1) is 0 Å². The molecular weight excluding hydrogens is 400 g/mol. The van der Waals surface area contributed by atoms with Gasteiger partial charge in [-0.3, -0.25) is 9.59 Å². The van der Waals surface area contributed by atoms with Crippen molar-refractivity contribution < 1.29 is 28.6 Å². The maximum atomic E-state index is 14.5. The number of rotatable bonds is 12. The summed E-state index contributed by atoms with van der Waals surface area (Å²) in [6, 6.07) is 7.15. The number of carboxylic acids is 1. The number of amides is 1. The van der Waals surface area contributed by atoms with E-state index in [2.05, 4.69) is 0 Å². The summed E-state index contributed by atoms with van der Waals surface area (Å²) in [5.74, 6) is -3.48. The van der Waals surface area contributed by atoms with Gasteiger partial charge < -0.3 is 15.1 Å². The third-order valence-electron chi connectivity index (χ3n) is 5.24. The number of halogens is 2. The molecular formula is C21H29F2NO4S. The summed E-state index contributed by atoms with van der Waals surface area (Å²) in [5.41, 5.74) is -0.207. The molecule has 2 N–H and O–H groups in total. The van der Waals surface area contributed by atoms with Crippen LogP contribution < -0.4 is 0 Å². The van der Waals surface area contributed by atoms with Gasteiger partial charge in [-0.1, -0.05) is 54.9 Å². The van der Waals surface area contributed by atoms with Crippen LogP contribution in [0.25, 0.3) is 0 Å². The minimum atomic E-state index is -3.33. The highest BCUT2D eigenvalue weighted by atomic mass is 32.2. The van der Waals surface area contributed by atoms with Crippen LogP contribution in [-0.4, -0.2) is 50.8 Å². The third-order valence-corrected chi connectivity index (χ3v) is 6.16. The van der Waals surface area contributed by atoms with Crippen molar-refractivity contribution in [3.8, 4) is 0 Å². The van der Waals surface area contributed by atoms with Crippen LogP contribution in [0.4, 0.5) is 13.6 Å². The van der Waals surface area contributed by atoms with Crippen LogP contribution in [-0.2, 0) is 10.7 Å². The van der Waals surface area contributed by atoms with Gasteiger partial charge >= 0.3 is 5.97 Å². The van der Waals surface area contributed by atoms with Crippen molar-refractivity contribution in [1.82, 2.24) is 4.90 Å². The molecule has 0 aromatic heterocycles. The molecule has 1 aliphatic rings. The Labute approximate surface area is 174 Å². The number of aliphatic hydroxyl groups excluding tert-OH is 1. The van der Waals surface area contributed by atoms with Gasteiger partial charge in [0.25, 0.3) is 11.2 Å². The smallest absolute Gasteiger partial charge is 0.303 e. The summed E-state index contributed by atoms with van der Waals surface area (Å²) < 4.78 is 29.0. The molecule has 0 aliphatic carbocycles. The Bertz CT molecular complexity index is 659. The molecule has 1 saturated heterocycles. The molecule has 1 aromatic carbocycles. The Morgan fingerprint density at radius 1 is 1.21 bits per heavy atom. The minimum absolute atomic E-state index is 0.0453. The molecule has 1 fully saturated rings. The standard InChI is InChI=1S/C21H29F2NO4S/c22-21(23,16-8-4-3-5-9-16)18(25)12-11-17-13-15-29-20(28)24(17)14-7-2-1-6-10-19(26)27/h3-5,8-9,17-18,25H,1-2,6-7,10-15H2,(H,26,27). The molecule has 2 atom stereocenters. The summed E-state index contributed by atoms with van der Waals surface area (Å²) in [7, 11) is 0. The number of aliphatic carboxylic acids is 1.